The summed E-state index contributed by atoms with van der Waals surface area (Å²) in [6.07, 6.45) is 2.85. The van der Waals surface area contributed by atoms with Crippen LogP contribution in [-0.2, 0) is 55.8 Å². The lowest BCUT2D eigenvalue weighted by atomic mass is 9.73. The molecule has 0 aromatic carbocycles. The van der Waals surface area contributed by atoms with E-state index >= 15 is 4.79 Å². The smallest absolute Gasteiger partial charge is 0.410 e. The molecule has 0 aliphatic carbocycles. The number of cyclic esters (lactones) is 1. The van der Waals surface area contributed by atoms with E-state index < -0.39 is 89.7 Å². The predicted molar refractivity (Wildman–Crippen MR) is 246 cm³/mol. The van der Waals surface area contributed by atoms with Gasteiger partial charge in [0.1, 0.15) is 29.7 Å². The standard InChI is InChI=1S/C50H73N5O11/c1-12-38-50(9)43(55(48(60)66-50)24-15-14-23-54-25-20-36-19-17-22-52-45(36)54)32(5)40(57)30(3)28-49(8,61-11)44(65-47-41(58)37(53(10)13-2)26-31(4)62-47)33(6)42(34(7)46(59)63-38)64-39(56)27-35-18-16-21-51-29-35/h16-22,25,29-34,37-38,41-44,47,58H,12-15,23-24,26-28H2,1-11H3/t30-,31+,32+,33+,34-,37-,38-,41+,42+,43-,44-,47-,49-,50-/m1/s1. The van der Waals surface area contributed by atoms with Crippen molar-refractivity contribution >= 4 is 34.8 Å². The molecule has 3 aromatic heterocycles. The minimum atomic E-state index is -1.43. The van der Waals surface area contributed by atoms with Gasteiger partial charge in [-0.1, -0.05) is 40.7 Å². The molecule has 1 amide bonds. The molecule has 0 bridgehead atoms. The van der Waals surface area contributed by atoms with E-state index in [1.807, 2.05) is 79.9 Å². The van der Waals surface area contributed by atoms with Crippen LogP contribution >= 0.6 is 0 Å². The Morgan fingerprint density at radius 1 is 1.00 bits per heavy atom. The molecule has 6 heterocycles. The second-order valence-corrected chi connectivity index (χ2v) is 19.3. The van der Waals surface area contributed by atoms with Crippen LogP contribution in [0.2, 0.25) is 0 Å². The van der Waals surface area contributed by atoms with Crippen molar-refractivity contribution in [1.82, 2.24) is 24.3 Å². The van der Waals surface area contributed by atoms with Crippen molar-refractivity contribution in [3.05, 3.63) is 60.7 Å². The third-order valence-electron chi connectivity index (χ3n) is 14.6. The number of nitrogens with zero attached hydrogens (tertiary/aromatic N) is 5. The zero-order valence-electron chi connectivity index (χ0n) is 40.8. The Labute approximate surface area is 390 Å². The number of carbonyl (C=O) groups is 4. The van der Waals surface area contributed by atoms with Crippen molar-refractivity contribution < 1.29 is 52.7 Å². The van der Waals surface area contributed by atoms with Crippen LogP contribution in [-0.4, -0.2) is 141 Å². The minimum Gasteiger partial charge on any atom is -0.461 e. The van der Waals surface area contributed by atoms with E-state index in [4.69, 9.17) is 28.4 Å². The van der Waals surface area contributed by atoms with E-state index in [1.165, 1.54) is 7.11 Å². The van der Waals surface area contributed by atoms with Crippen molar-refractivity contribution in [3.8, 4) is 0 Å². The summed E-state index contributed by atoms with van der Waals surface area (Å²) in [7, 11) is 3.47. The average Bonchev–Trinajstić information content (AvgIpc) is 3.83. The number of ether oxygens (including phenoxy) is 6. The first kappa shape index (κ1) is 50.9. The van der Waals surface area contributed by atoms with Gasteiger partial charge < -0.3 is 47.9 Å². The van der Waals surface area contributed by atoms with Gasteiger partial charge in [-0.15, -0.1) is 0 Å². The number of aryl methyl sites for hydroxylation is 1. The summed E-state index contributed by atoms with van der Waals surface area (Å²) in [5, 5.41) is 12.9. The van der Waals surface area contributed by atoms with Gasteiger partial charge in [-0.3, -0.25) is 19.4 Å². The van der Waals surface area contributed by atoms with Crippen LogP contribution in [0.25, 0.3) is 11.0 Å². The van der Waals surface area contributed by atoms with Crippen molar-refractivity contribution in [2.75, 3.05) is 27.2 Å². The second-order valence-electron chi connectivity index (χ2n) is 19.3. The maximum atomic E-state index is 15.0. The lowest BCUT2D eigenvalue weighted by Crippen LogP contribution is -2.61. The minimum absolute atomic E-state index is 0.121. The van der Waals surface area contributed by atoms with Crippen molar-refractivity contribution in [1.29, 1.82) is 0 Å². The number of amides is 1. The van der Waals surface area contributed by atoms with E-state index in [0.717, 1.165) is 17.5 Å². The summed E-state index contributed by atoms with van der Waals surface area (Å²) in [6.45, 7) is 18.1. The molecule has 3 aliphatic rings. The molecule has 3 fully saturated rings. The average molecular weight is 920 g/mol. The largest absolute Gasteiger partial charge is 0.461 e. The zero-order valence-corrected chi connectivity index (χ0v) is 40.8. The summed E-state index contributed by atoms with van der Waals surface area (Å²) in [4.78, 5) is 70.2. The number of aliphatic hydroxyl groups excluding tert-OH is 1. The molecule has 1 N–H and O–H groups in total. The normalized spacial score (nSPS) is 34.7. The Bertz CT molecular complexity index is 2120. The predicted octanol–water partition coefficient (Wildman–Crippen LogP) is 6.39. The third-order valence-corrected chi connectivity index (χ3v) is 14.6. The van der Waals surface area contributed by atoms with Crippen molar-refractivity contribution in [2.24, 2.45) is 23.7 Å². The number of unbranched alkanes of at least 4 members (excludes halogenated alkanes) is 1. The number of fused-ring (bicyclic) bond motifs is 2. The van der Waals surface area contributed by atoms with E-state index in [-0.39, 0.29) is 37.2 Å². The van der Waals surface area contributed by atoms with Gasteiger partial charge >= 0.3 is 18.0 Å². The van der Waals surface area contributed by atoms with Crippen LogP contribution in [0.5, 0.6) is 0 Å². The number of methoxy groups -OCH3 is 1. The van der Waals surface area contributed by atoms with Crippen LogP contribution in [0.4, 0.5) is 4.79 Å². The number of pyridine rings is 2. The highest BCUT2D eigenvalue weighted by atomic mass is 16.7. The Morgan fingerprint density at radius 2 is 1.73 bits per heavy atom. The van der Waals surface area contributed by atoms with Gasteiger partial charge in [0.15, 0.2) is 11.9 Å². The fourth-order valence-corrected chi connectivity index (χ4v) is 10.8. The molecule has 3 aliphatic heterocycles. The first-order chi connectivity index (χ1) is 31.4. The molecule has 16 nitrogen and oxygen atoms in total. The lowest BCUT2D eigenvalue weighted by molar-refractivity contribution is -0.302. The van der Waals surface area contributed by atoms with Crippen LogP contribution in [0.3, 0.4) is 0 Å². The lowest BCUT2D eigenvalue weighted by Gasteiger charge is -2.48. The van der Waals surface area contributed by atoms with E-state index in [1.54, 1.807) is 49.5 Å². The number of Topliss-reactive ketones (excluding diaryl/α,β-unsaturated/α-hetero) is 1. The van der Waals surface area contributed by atoms with E-state index in [9.17, 15) is 19.5 Å². The second kappa shape index (κ2) is 21.6. The molecule has 14 atom stereocenters. The number of esters is 2. The molecular formula is C50H73N5O11. The summed E-state index contributed by atoms with van der Waals surface area (Å²) < 4.78 is 40.8. The summed E-state index contributed by atoms with van der Waals surface area (Å²) >= 11 is 0. The number of likely N-dealkylation sites (N-methyl/N-ethyl adjacent to an activating group) is 1. The van der Waals surface area contributed by atoms with Crippen LogP contribution in [0, 0.1) is 23.7 Å². The Balaban J connectivity index is 1.37. The SMILES string of the molecule is CC[C@H]1OC(=O)[C@H](C)[C@@H](OC(=O)Cc2cccnc2)[C@H](C)[C@@H](O[C@H]2O[C@@H](C)C[C@@H](N(C)CC)[C@@H]2O)[C@](C)(OC)C[C@@H](C)C(=O)[C@H](C)[C@H]2N(CCCCn3ccc4cccnc43)C(=O)O[C@]12C. The molecule has 3 aromatic rings. The topological polar surface area (TPSA) is 181 Å². The number of aliphatic hydroxyl groups is 1. The Kier molecular flexibility index (Phi) is 16.7. The molecule has 0 saturated carbocycles. The molecule has 66 heavy (non-hydrogen) atoms. The molecule has 0 radical (unpaired) electrons. The number of aromatic nitrogens is 3. The maximum absolute atomic E-state index is 15.0. The fourth-order valence-electron chi connectivity index (χ4n) is 10.8. The summed E-state index contributed by atoms with van der Waals surface area (Å²) in [5.74, 6) is -4.76. The van der Waals surface area contributed by atoms with Gasteiger partial charge in [-0.2, -0.15) is 0 Å². The number of hydrogen-bond acceptors (Lipinski definition) is 14. The van der Waals surface area contributed by atoms with Crippen LogP contribution in [0.1, 0.15) is 100.0 Å². The van der Waals surface area contributed by atoms with Gasteiger partial charge in [0.25, 0.3) is 0 Å². The number of rotatable bonds is 14. The van der Waals surface area contributed by atoms with Gasteiger partial charge in [-0.25, -0.2) is 9.78 Å². The highest BCUT2D eigenvalue weighted by molar-refractivity contribution is 5.85. The summed E-state index contributed by atoms with van der Waals surface area (Å²) in [5.41, 5.74) is -1.22. The van der Waals surface area contributed by atoms with Gasteiger partial charge in [0.05, 0.1) is 36.2 Å². The number of hydrogen-bond donors (Lipinski definition) is 1. The first-order valence-electron chi connectivity index (χ1n) is 23.8. The summed E-state index contributed by atoms with van der Waals surface area (Å²) in [6, 6.07) is 8.33. The maximum Gasteiger partial charge on any atom is 0.410 e. The Morgan fingerprint density at radius 3 is 2.41 bits per heavy atom. The zero-order chi connectivity index (χ0) is 48.1. The van der Waals surface area contributed by atoms with Crippen LogP contribution in [0.15, 0.2) is 55.1 Å². The number of ketones is 1. The molecule has 0 spiro atoms. The number of carbonyl (C=O) groups excluding carboxylic acids is 4. The fraction of sp³-hybridized carbons (Fsp3) is 0.680. The molecule has 3 saturated heterocycles. The molecule has 16 heteroatoms. The quantitative estimate of drug-likeness (QED) is 0.107. The molecule has 0 unspecified atom stereocenters. The monoisotopic (exact) mass is 920 g/mol. The van der Waals surface area contributed by atoms with Gasteiger partial charge in [-0.05, 0) is 103 Å². The van der Waals surface area contributed by atoms with Crippen LogP contribution < -0.4 is 0 Å². The van der Waals surface area contributed by atoms with E-state index in [2.05, 4.69) is 19.4 Å². The highest BCUT2D eigenvalue weighted by Gasteiger charge is 2.60. The van der Waals surface area contributed by atoms with Crippen molar-refractivity contribution in [2.45, 2.75) is 167 Å². The molecular weight excluding hydrogens is 847 g/mol. The molecule has 364 valence electrons. The first-order valence-corrected chi connectivity index (χ1v) is 23.8. The highest BCUT2D eigenvalue weighted by Crippen LogP contribution is 2.44. The van der Waals surface area contributed by atoms with Gasteiger partial charge in [0.2, 0.25) is 0 Å². The van der Waals surface area contributed by atoms with Crippen molar-refractivity contribution in [3.63, 3.8) is 0 Å². The Hall–Kier alpha value is -4.48. The van der Waals surface area contributed by atoms with Gasteiger partial charge in [0, 0.05) is 74.2 Å². The van der Waals surface area contributed by atoms with E-state index in [0.29, 0.717) is 38.0 Å². The molecule has 6 rings (SSSR count). The third kappa shape index (κ3) is 10.8.